The van der Waals surface area contributed by atoms with E-state index >= 15 is 0 Å². The highest BCUT2D eigenvalue weighted by Gasteiger charge is 2.40. The molecule has 3 rings (SSSR count). The summed E-state index contributed by atoms with van der Waals surface area (Å²) in [4.78, 5) is 45.2. The van der Waals surface area contributed by atoms with Crippen molar-refractivity contribution in [3.63, 3.8) is 0 Å². The number of carbonyl (C=O) groups is 1. The molecule has 1 aliphatic rings. The molecule has 31 heavy (non-hydrogen) atoms. The number of non-ortho nitro benzene ring substituents is 2. The lowest BCUT2D eigenvalue weighted by molar-refractivity contribution is -0.385. The molecule has 160 valence electrons. The molecule has 1 N–H and O–H groups in total. The number of allylic oxidation sites excluding steroid dienone is 1. The molecule has 1 aliphatic heterocycles. The summed E-state index contributed by atoms with van der Waals surface area (Å²) in [7, 11) is 1.19. The topological polar surface area (TPSA) is 157 Å². The number of nitrogens with zero attached hydrogens (tertiary/aromatic N) is 4. The third kappa shape index (κ3) is 4.03. The molecule has 2 atom stereocenters. The smallest absolute Gasteiger partial charge is 0.338 e. The number of ether oxygens (including phenoxy) is 1. The highest BCUT2D eigenvalue weighted by molar-refractivity contribution is 5.91. The Balaban J connectivity index is 2.12. The highest BCUT2D eigenvalue weighted by atomic mass is 16.6. The molecule has 0 saturated heterocycles. The van der Waals surface area contributed by atoms with Crippen LogP contribution in [0, 0.1) is 25.1 Å². The van der Waals surface area contributed by atoms with Crippen LogP contribution in [0.1, 0.15) is 30.3 Å². The van der Waals surface area contributed by atoms with Crippen molar-refractivity contribution < 1.29 is 19.4 Å². The first-order chi connectivity index (χ1) is 14.8. The maximum absolute atomic E-state index is 12.5. The number of rotatable bonds is 6. The SMILES string of the molecule is COC(=O)C1=C(C)N[C@H](c2ccc([N+](=O)[O-])cc2)N(N=O)[C@H]1c1ccc([N+](=O)[O-])cc1. The Morgan fingerprint density at radius 2 is 1.48 bits per heavy atom. The molecule has 2 aromatic rings. The van der Waals surface area contributed by atoms with Gasteiger partial charge in [-0.2, -0.15) is 0 Å². The Morgan fingerprint density at radius 3 is 1.90 bits per heavy atom. The molecule has 12 nitrogen and oxygen atoms in total. The molecule has 0 aromatic heterocycles. The number of esters is 1. The number of benzene rings is 2. The second-order valence-electron chi connectivity index (χ2n) is 6.64. The number of carbonyl (C=O) groups excluding carboxylic acids is 1. The van der Waals surface area contributed by atoms with Crippen LogP contribution in [0.4, 0.5) is 11.4 Å². The van der Waals surface area contributed by atoms with Crippen LogP contribution in [0.3, 0.4) is 0 Å². The van der Waals surface area contributed by atoms with Crippen molar-refractivity contribution in [1.82, 2.24) is 10.3 Å². The normalized spacial score (nSPS) is 18.2. The average molecular weight is 427 g/mol. The van der Waals surface area contributed by atoms with Gasteiger partial charge in [-0.1, -0.05) is 0 Å². The summed E-state index contributed by atoms with van der Waals surface area (Å²) < 4.78 is 4.86. The first-order valence-corrected chi connectivity index (χ1v) is 8.94. The molecular formula is C19H17N5O7. The van der Waals surface area contributed by atoms with E-state index in [4.69, 9.17) is 4.74 Å². The first kappa shape index (κ1) is 21.4. The Hall–Kier alpha value is -4.35. The van der Waals surface area contributed by atoms with Crippen molar-refractivity contribution in [2.24, 2.45) is 5.29 Å². The molecule has 0 bridgehead atoms. The van der Waals surface area contributed by atoms with Crippen LogP contribution < -0.4 is 5.32 Å². The first-order valence-electron chi connectivity index (χ1n) is 8.94. The fourth-order valence-corrected chi connectivity index (χ4v) is 3.42. The lowest BCUT2D eigenvalue weighted by atomic mass is 9.92. The largest absolute Gasteiger partial charge is 0.466 e. The molecule has 2 aromatic carbocycles. The highest BCUT2D eigenvalue weighted by Crippen LogP contribution is 2.41. The van der Waals surface area contributed by atoms with Crippen LogP contribution >= 0.6 is 0 Å². The number of nitroso groups, excluding NO2 is 1. The molecule has 1 heterocycles. The predicted octanol–water partition coefficient (Wildman–Crippen LogP) is 3.28. The molecule has 0 aliphatic carbocycles. The summed E-state index contributed by atoms with van der Waals surface area (Å²) in [6.07, 6.45) is -0.855. The van der Waals surface area contributed by atoms with Gasteiger partial charge in [0.2, 0.25) is 0 Å². The Labute approximate surface area is 175 Å². The Kier molecular flexibility index (Phi) is 5.90. The van der Waals surface area contributed by atoms with E-state index in [1.807, 2.05) is 0 Å². The van der Waals surface area contributed by atoms with Crippen molar-refractivity contribution in [1.29, 1.82) is 0 Å². The van der Waals surface area contributed by atoms with Crippen LogP contribution in [0.2, 0.25) is 0 Å². The van der Waals surface area contributed by atoms with E-state index in [1.165, 1.54) is 55.6 Å². The Bertz CT molecular complexity index is 1070. The molecule has 12 heteroatoms. The van der Waals surface area contributed by atoms with Crippen molar-refractivity contribution in [3.05, 3.63) is 96.1 Å². The third-order valence-electron chi connectivity index (χ3n) is 4.90. The Morgan fingerprint density at radius 1 is 1.00 bits per heavy atom. The molecule has 0 amide bonds. The second-order valence-corrected chi connectivity index (χ2v) is 6.64. The lowest BCUT2D eigenvalue weighted by Gasteiger charge is -2.40. The summed E-state index contributed by atoms with van der Waals surface area (Å²) in [6.45, 7) is 1.62. The van der Waals surface area contributed by atoms with Crippen molar-refractivity contribution >= 4 is 17.3 Å². The van der Waals surface area contributed by atoms with Gasteiger partial charge >= 0.3 is 5.97 Å². The van der Waals surface area contributed by atoms with Crippen molar-refractivity contribution in [2.45, 2.75) is 19.1 Å². The fraction of sp³-hybridized carbons (Fsp3) is 0.211. The van der Waals surface area contributed by atoms with Crippen LogP contribution in [0.25, 0.3) is 0 Å². The molecular weight excluding hydrogens is 410 g/mol. The summed E-state index contributed by atoms with van der Waals surface area (Å²) in [5, 5.41) is 29.1. The number of nitro groups is 2. The van der Waals surface area contributed by atoms with Crippen molar-refractivity contribution in [2.75, 3.05) is 7.11 Å². The van der Waals surface area contributed by atoms with E-state index < -0.39 is 28.0 Å². The maximum Gasteiger partial charge on any atom is 0.338 e. The van der Waals surface area contributed by atoms with E-state index in [9.17, 15) is 29.9 Å². The van der Waals surface area contributed by atoms with Gasteiger partial charge < -0.3 is 10.1 Å². The molecule has 0 unspecified atom stereocenters. The van der Waals surface area contributed by atoms with E-state index in [1.54, 1.807) is 6.92 Å². The van der Waals surface area contributed by atoms with Gasteiger partial charge in [0.1, 0.15) is 12.2 Å². The second kappa shape index (κ2) is 8.57. The third-order valence-corrected chi connectivity index (χ3v) is 4.90. The van der Waals surface area contributed by atoms with E-state index in [0.717, 1.165) is 5.01 Å². The van der Waals surface area contributed by atoms with E-state index in [0.29, 0.717) is 16.8 Å². The van der Waals surface area contributed by atoms with Crippen molar-refractivity contribution in [3.8, 4) is 0 Å². The zero-order valence-corrected chi connectivity index (χ0v) is 16.4. The monoisotopic (exact) mass is 427 g/mol. The van der Waals surface area contributed by atoms with Gasteiger partial charge in [0.05, 0.1) is 27.8 Å². The van der Waals surface area contributed by atoms with E-state index in [2.05, 4.69) is 10.6 Å². The van der Waals surface area contributed by atoms with Gasteiger partial charge in [0, 0.05) is 30.0 Å². The zero-order chi connectivity index (χ0) is 22.7. The van der Waals surface area contributed by atoms with Gasteiger partial charge in [-0.15, -0.1) is 4.91 Å². The summed E-state index contributed by atoms with van der Waals surface area (Å²) in [6, 6.07) is 9.87. The number of hydrogen-bond donors (Lipinski definition) is 1. The van der Waals surface area contributed by atoms with Crippen LogP contribution in [-0.2, 0) is 9.53 Å². The van der Waals surface area contributed by atoms with Gasteiger partial charge in [-0.05, 0) is 42.3 Å². The fourth-order valence-electron chi connectivity index (χ4n) is 3.42. The van der Waals surface area contributed by atoms with Crippen LogP contribution in [0.5, 0.6) is 0 Å². The lowest BCUT2D eigenvalue weighted by Crippen LogP contribution is -2.44. The molecule has 0 radical (unpaired) electrons. The van der Waals surface area contributed by atoms with Gasteiger partial charge in [0.15, 0.2) is 0 Å². The predicted molar refractivity (Wildman–Crippen MR) is 107 cm³/mol. The molecule has 0 saturated carbocycles. The maximum atomic E-state index is 12.5. The average Bonchev–Trinajstić information content (AvgIpc) is 2.77. The summed E-state index contributed by atoms with van der Waals surface area (Å²) in [5.74, 6) is -0.704. The number of nitro benzene ring substituents is 2. The quantitative estimate of drug-likeness (QED) is 0.316. The van der Waals surface area contributed by atoms with Gasteiger partial charge in [0.25, 0.3) is 11.4 Å². The minimum absolute atomic E-state index is 0.106. The summed E-state index contributed by atoms with van der Waals surface area (Å²) in [5.41, 5.74) is 1.11. The number of hydrogen-bond acceptors (Lipinski definition) is 9. The van der Waals surface area contributed by atoms with Crippen LogP contribution in [-0.4, -0.2) is 27.9 Å². The number of methoxy groups -OCH3 is 1. The minimum Gasteiger partial charge on any atom is -0.466 e. The van der Waals surface area contributed by atoms with Crippen LogP contribution in [0.15, 0.2) is 65.1 Å². The minimum atomic E-state index is -1.01. The summed E-state index contributed by atoms with van der Waals surface area (Å²) >= 11 is 0. The number of nitrogens with one attached hydrogen (secondary N) is 1. The standard InChI is InChI=1S/C19H17N5O7/c1-11-16(19(25)31-2)17(12-3-7-14(8-4-12)23(27)28)22(21-26)18(20-11)13-5-9-15(10-6-13)24(29)30/h3-10,17-18,20H,1-2H3/t17-,18-/m0/s1. The van der Waals surface area contributed by atoms with Gasteiger partial charge in [-0.3, -0.25) is 20.2 Å². The molecule has 0 spiro atoms. The zero-order valence-electron chi connectivity index (χ0n) is 16.4. The van der Waals surface area contributed by atoms with Gasteiger partial charge in [-0.25, -0.2) is 9.80 Å². The molecule has 0 fully saturated rings. The van der Waals surface area contributed by atoms with E-state index in [-0.39, 0.29) is 16.9 Å².